The van der Waals surface area contributed by atoms with Crippen LogP contribution in [0.15, 0.2) is 95.6 Å². The molecule has 4 fully saturated rings. The van der Waals surface area contributed by atoms with Crippen LogP contribution >= 0.6 is 0 Å². The lowest BCUT2D eigenvalue weighted by molar-refractivity contribution is -0.346. The summed E-state index contributed by atoms with van der Waals surface area (Å²) in [6, 6.07) is 14.6. The van der Waals surface area contributed by atoms with E-state index in [0.29, 0.717) is 29.7 Å². The van der Waals surface area contributed by atoms with Crippen molar-refractivity contribution in [2.45, 2.75) is 212 Å². The van der Waals surface area contributed by atoms with Crippen molar-refractivity contribution in [3.63, 3.8) is 0 Å². The quantitative estimate of drug-likeness (QED) is 0.0608. The Hall–Kier alpha value is -6.29. The predicted molar refractivity (Wildman–Crippen MR) is 314 cm³/mol. The zero-order chi connectivity index (χ0) is 63.9. The van der Waals surface area contributed by atoms with Crippen molar-refractivity contribution in [3.8, 4) is 0 Å². The average Bonchev–Trinajstić information content (AvgIpc) is 0.673. The third-order valence-corrected chi connectivity index (χ3v) is 19.5. The molecule has 0 spiro atoms. The maximum absolute atomic E-state index is 14.9. The molecule has 2 aromatic carbocycles. The standard InChI is InChI=1S/C43H53NO14.C24H36O5/c1-22-26(55-37(51)32(48)30(24-15-11-9-12-16-24)44-38(52)58-39(3,4)5)20-43(53)35(56-36(50)25-17-13-10-14-18-25)33-41(8,34(49)31(47)29(22)40(43,6)7)27(46)19-28-42(33,21-54-28)57-23(2)45;1-5-15(3)24(27)29-21-11-14(2)10-17-7-6-16(4)20(23(17)21)9-8-19-12-18(25)13-22(26)28-19/h9-18,26-28,30-33,35,46-48,53H,19-21H2,1-8H3,(H,44,52);6-7,10,14-16,18-21,23,25H,5,8-9,11-13H2,1-4H3/t26-,27-,28+,30-,31+,32+,33-,35-,41+,42-,43+;14-,15-,16-,18+,19+,20-,21-,23-/m00/s1. The Labute approximate surface area is 509 Å². The summed E-state index contributed by atoms with van der Waals surface area (Å²) in [6.07, 6.45) is -1.78. The van der Waals surface area contributed by atoms with E-state index in [1.165, 1.54) is 31.6 Å². The van der Waals surface area contributed by atoms with Gasteiger partial charge in [0.2, 0.25) is 0 Å². The summed E-state index contributed by atoms with van der Waals surface area (Å²) in [5, 5.41) is 61.5. The van der Waals surface area contributed by atoms with Crippen LogP contribution in [0.2, 0.25) is 0 Å². The van der Waals surface area contributed by atoms with Crippen LogP contribution in [0, 0.1) is 46.3 Å². The topological polar surface area (TPSA) is 297 Å². The van der Waals surface area contributed by atoms with Gasteiger partial charge >= 0.3 is 35.9 Å². The highest BCUT2D eigenvalue weighted by atomic mass is 16.6. The summed E-state index contributed by atoms with van der Waals surface area (Å²) in [6.45, 7) is 20.1. The van der Waals surface area contributed by atoms with Crippen molar-refractivity contribution in [3.05, 3.63) is 107 Å². The number of aliphatic hydroxyl groups excluding tert-OH is 4. The monoisotopic (exact) mass is 1210 g/mol. The van der Waals surface area contributed by atoms with Gasteiger partial charge in [-0.2, -0.15) is 0 Å². The number of carbonyl (C=O) groups excluding carboxylic acids is 7. The SMILES string of the molecule is CC(=O)O[C@@]12CO[C@@H]1C[C@H](O)[C@@]1(C)C(=O)[C@H](O)C3=C(C)[C@@H](OC(=O)[C@H](O)[C@@H](NC(=O)OC(C)(C)C)c4ccccc4)C[C@@](O)([C@@H](OC(=O)c4ccccc4)[C@H]21)C3(C)C.CC[C@H](C)C(=O)O[C@H]1C[C@@H](C)C=C2C=C[C@H](C)[C@H](CC[C@@H]3C[C@@H](O)CC(=O)O3)[C@H]21. The second-order valence-corrected chi connectivity index (χ2v) is 26.9. The van der Waals surface area contributed by atoms with E-state index in [4.69, 9.17) is 33.2 Å². The van der Waals surface area contributed by atoms with Gasteiger partial charge in [-0.3, -0.25) is 19.2 Å². The second kappa shape index (κ2) is 26.0. The first kappa shape index (κ1) is 66.7. The Morgan fingerprint density at radius 2 is 1.53 bits per heavy atom. The number of allylic oxidation sites excluding steroid dienone is 3. The predicted octanol–water partition coefficient (Wildman–Crippen LogP) is 7.46. The summed E-state index contributed by atoms with van der Waals surface area (Å²) in [5.41, 5.74) is -6.86. The van der Waals surface area contributed by atoms with Crippen LogP contribution in [0.3, 0.4) is 0 Å². The number of ketones is 1. The molecule has 0 radical (unpaired) electrons. The molecule has 0 unspecified atom stereocenters. The molecule has 1 amide bonds. The van der Waals surface area contributed by atoms with Crippen LogP contribution in [0.5, 0.6) is 0 Å². The molecule has 2 bridgehead atoms. The van der Waals surface area contributed by atoms with Gasteiger partial charge in [-0.1, -0.05) is 108 Å². The molecule has 2 heterocycles. The van der Waals surface area contributed by atoms with Crippen LogP contribution in [0.4, 0.5) is 4.79 Å². The van der Waals surface area contributed by atoms with Gasteiger partial charge < -0.3 is 64.0 Å². The summed E-state index contributed by atoms with van der Waals surface area (Å²) < 4.78 is 41.0. The van der Waals surface area contributed by atoms with E-state index in [9.17, 15) is 59.1 Å². The number of amides is 1. The van der Waals surface area contributed by atoms with E-state index in [2.05, 4.69) is 37.4 Å². The summed E-state index contributed by atoms with van der Waals surface area (Å²) in [7, 11) is 0. The largest absolute Gasteiger partial charge is 0.462 e. The van der Waals surface area contributed by atoms with Crippen LogP contribution in [0.25, 0.3) is 0 Å². The molecule has 2 saturated carbocycles. The number of aliphatic hydroxyl groups is 5. The first-order valence-electron chi connectivity index (χ1n) is 30.6. The normalized spacial score (nSPS) is 35.1. The fraction of sp³-hybridized carbons (Fsp3) is 0.627. The van der Waals surface area contributed by atoms with Crippen molar-refractivity contribution in [2.24, 2.45) is 46.3 Å². The lowest BCUT2D eigenvalue weighted by Crippen LogP contribution is -2.81. The summed E-state index contributed by atoms with van der Waals surface area (Å²) >= 11 is 0. The Bertz CT molecular complexity index is 2990. The van der Waals surface area contributed by atoms with Gasteiger partial charge in [0.25, 0.3) is 0 Å². The number of alkyl carbamates (subject to hydrolysis) is 1. The number of ether oxygens (including phenoxy) is 7. The zero-order valence-corrected chi connectivity index (χ0v) is 52.1. The molecule has 9 rings (SSSR count). The Morgan fingerprint density at radius 1 is 0.874 bits per heavy atom. The molecule has 6 N–H and O–H groups in total. The number of hydrogen-bond acceptors (Lipinski definition) is 19. The number of rotatable bonds is 14. The number of benzene rings is 2. The minimum Gasteiger partial charge on any atom is -0.462 e. The second-order valence-electron chi connectivity index (χ2n) is 26.9. The Morgan fingerprint density at radius 3 is 2.13 bits per heavy atom. The number of hydrogen-bond donors (Lipinski definition) is 6. The molecule has 87 heavy (non-hydrogen) atoms. The lowest BCUT2D eigenvalue weighted by Gasteiger charge is -2.67. The highest BCUT2D eigenvalue weighted by molar-refractivity contribution is 5.94. The highest BCUT2D eigenvalue weighted by Crippen LogP contribution is 2.64. The van der Waals surface area contributed by atoms with E-state index in [0.717, 1.165) is 32.6 Å². The van der Waals surface area contributed by atoms with Gasteiger partial charge in [-0.25, -0.2) is 14.4 Å². The Balaban J connectivity index is 0.000000283. The Kier molecular flexibility index (Phi) is 20.0. The fourth-order valence-electron chi connectivity index (χ4n) is 14.6. The van der Waals surface area contributed by atoms with E-state index in [-0.39, 0.29) is 72.1 Å². The molecular formula is C67H89NO19. The van der Waals surface area contributed by atoms with Gasteiger partial charge in [0, 0.05) is 37.5 Å². The smallest absolute Gasteiger partial charge is 0.408 e. The number of fused-ring (bicyclic) bond motifs is 6. The van der Waals surface area contributed by atoms with Gasteiger partial charge in [0.05, 0.1) is 54.1 Å². The maximum Gasteiger partial charge on any atom is 0.408 e. The molecular weight excluding hydrogens is 1120 g/mol. The molecule has 2 aliphatic heterocycles. The summed E-state index contributed by atoms with van der Waals surface area (Å²) in [4.78, 5) is 93.1. The number of esters is 5. The van der Waals surface area contributed by atoms with Crippen molar-refractivity contribution in [1.82, 2.24) is 5.32 Å². The van der Waals surface area contributed by atoms with Gasteiger partial charge in [-0.05, 0) is 112 Å². The molecule has 19 atom stereocenters. The van der Waals surface area contributed by atoms with E-state index in [1.54, 1.807) is 83.1 Å². The first-order chi connectivity index (χ1) is 40.8. The molecule has 2 saturated heterocycles. The van der Waals surface area contributed by atoms with E-state index < -0.39 is 119 Å². The first-order valence-corrected chi connectivity index (χ1v) is 30.6. The number of cyclic esters (lactones) is 1. The molecule has 476 valence electrons. The van der Waals surface area contributed by atoms with Gasteiger partial charge in [0.15, 0.2) is 17.5 Å². The molecule has 5 aliphatic carbocycles. The lowest BCUT2D eigenvalue weighted by atomic mass is 9.44. The van der Waals surface area contributed by atoms with Crippen LogP contribution in [0.1, 0.15) is 156 Å². The molecule has 7 aliphatic rings. The third kappa shape index (κ3) is 13.4. The number of carbonyl (C=O) groups is 7. The van der Waals surface area contributed by atoms with Gasteiger partial charge in [-0.15, -0.1) is 0 Å². The van der Waals surface area contributed by atoms with Crippen molar-refractivity contribution in [1.29, 1.82) is 0 Å². The van der Waals surface area contributed by atoms with Crippen molar-refractivity contribution >= 4 is 41.7 Å². The minimum absolute atomic E-state index is 0.0637. The third-order valence-electron chi connectivity index (χ3n) is 19.5. The zero-order valence-electron chi connectivity index (χ0n) is 52.1. The van der Waals surface area contributed by atoms with Crippen LogP contribution < -0.4 is 5.32 Å². The fourth-order valence-corrected chi connectivity index (χ4v) is 14.6. The van der Waals surface area contributed by atoms with Crippen LogP contribution in [-0.4, -0.2) is 146 Å². The number of nitrogens with one attached hydrogen (secondary N) is 1. The average molecular weight is 1210 g/mol. The molecule has 2 aromatic rings. The highest BCUT2D eigenvalue weighted by Gasteiger charge is 2.78. The van der Waals surface area contributed by atoms with Crippen molar-refractivity contribution in [2.75, 3.05) is 6.61 Å². The van der Waals surface area contributed by atoms with Crippen LogP contribution in [-0.2, 0) is 57.1 Å². The molecule has 0 aromatic heterocycles. The van der Waals surface area contributed by atoms with E-state index in [1.807, 2.05) is 13.8 Å². The maximum atomic E-state index is 14.9. The van der Waals surface area contributed by atoms with E-state index >= 15 is 0 Å². The molecule has 20 heteroatoms. The summed E-state index contributed by atoms with van der Waals surface area (Å²) in [5.74, 6) is -4.61. The van der Waals surface area contributed by atoms with Gasteiger partial charge in [0.1, 0.15) is 47.8 Å². The number of Topliss-reactive ketones (excluding diaryl/α,β-unsaturated/α-hetero) is 1. The molecule has 20 nitrogen and oxygen atoms in total. The minimum atomic E-state index is -2.35. The van der Waals surface area contributed by atoms with Crippen molar-refractivity contribution < 1.29 is 92.3 Å².